The quantitative estimate of drug-likeness (QED) is 0.802. The van der Waals surface area contributed by atoms with E-state index in [1.165, 1.54) is 4.68 Å². The van der Waals surface area contributed by atoms with Gasteiger partial charge in [-0.15, -0.1) is 0 Å². The third kappa shape index (κ3) is 2.83. The summed E-state index contributed by atoms with van der Waals surface area (Å²) in [5, 5.41) is 13.5. The van der Waals surface area contributed by atoms with E-state index in [4.69, 9.17) is 4.74 Å². The first-order valence-corrected chi connectivity index (χ1v) is 7.23. The van der Waals surface area contributed by atoms with Crippen molar-refractivity contribution >= 4 is 0 Å². The van der Waals surface area contributed by atoms with Crippen LogP contribution in [0, 0.1) is 12.7 Å². The summed E-state index contributed by atoms with van der Waals surface area (Å²) in [6.45, 7) is 1.52. The van der Waals surface area contributed by atoms with E-state index in [1.54, 1.807) is 31.4 Å². The molecule has 0 aliphatic carbocycles. The molecule has 0 radical (unpaired) electrons. The molecule has 1 N–H and O–H groups in total. The van der Waals surface area contributed by atoms with Crippen LogP contribution in [-0.4, -0.2) is 22.0 Å². The fourth-order valence-electron chi connectivity index (χ4n) is 2.42. The minimum Gasteiger partial charge on any atom is -0.497 e. The van der Waals surface area contributed by atoms with Gasteiger partial charge in [0.2, 0.25) is 0 Å². The van der Waals surface area contributed by atoms with Gasteiger partial charge in [-0.05, 0) is 31.2 Å². The van der Waals surface area contributed by atoms with Crippen molar-refractivity contribution in [2.75, 3.05) is 7.11 Å². The minimum absolute atomic E-state index is 0.0244. The molecule has 118 valence electrons. The zero-order valence-electron chi connectivity index (χ0n) is 13.0. The molecule has 4 nitrogen and oxygen atoms in total. The van der Waals surface area contributed by atoms with Crippen molar-refractivity contribution < 1.29 is 14.2 Å². The summed E-state index contributed by atoms with van der Waals surface area (Å²) in [5.41, 5.74) is 2.85. The predicted octanol–water partition coefficient (Wildman–Crippen LogP) is 3.49. The van der Waals surface area contributed by atoms with Crippen molar-refractivity contribution in [3.63, 3.8) is 0 Å². The Labute approximate surface area is 133 Å². The number of aliphatic hydroxyl groups excluding tert-OH is 1. The third-order valence-electron chi connectivity index (χ3n) is 3.69. The SMILES string of the molecule is COc1ccc(-n2nc(CO)c(F)c2-c2ccc(C)cc2)cc1. The molecule has 0 amide bonds. The smallest absolute Gasteiger partial charge is 0.175 e. The maximum Gasteiger partial charge on any atom is 0.175 e. The number of rotatable bonds is 4. The minimum atomic E-state index is -0.507. The maximum atomic E-state index is 14.6. The van der Waals surface area contributed by atoms with Crippen LogP contribution < -0.4 is 4.74 Å². The Morgan fingerprint density at radius 3 is 2.30 bits per heavy atom. The molecular weight excluding hydrogens is 295 g/mol. The second-order valence-electron chi connectivity index (χ2n) is 5.24. The van der Waals surface area contributed by atoms with Gasteiger partial charge in [0.15, 0.2) is 5.82 Å². The number of ether oxygens (including phenoxy) is 1. The highest BCUT2D eigenvalue weighted by Crippen LogP contribution is 2.29. The lowest BCUT2D eigenvalue weighted by Crippen LogP contribution is -2.00. The largest absolute Gasteiger partial charge is 0.497 e. The zero-order chi connectivity index (χ0) is 16.4. The van der Waals surface area contributed by atoms with E-state index in [-0.39, 0.29) is 5.69 Å². The van der Waals surface area contributed by atoms with Crippen LogP contribution >= 0.6 is 0 Å². The first-order valence-electron chi connectivity index (χ1n) is 7.23. The lowest BCUT2D eigenvalue weighted by atomic mass is 10.1. The van der Waals surface area contributed by atoms with Crippen LogP contribution in [0.25, 0.3) is 16.9 Å². The summed E-state index contributed by atoms with van der Waals surface area (Å²) in [4.78, 5) is 0. The molecular formula is C18H17FN2O2. The number of halogens is 1. The lowest BCUT2D eigenvalue weighted by Gasteiger charge is -2.09. The van der Waals surface area contributed by atoms with Crippen LogP contribution in [0.2, 0.25) is 0 Å². The number of benzene rings is 2. The van der Waals surface area contributed by atoms with Gasteiger partial charge in [-0.3, -0.25) is 0 Å². The summed E-state index contributed by atoms with van der Waals surface area (Å²) >= 11 is 0. The molecule has 1 aromatic heterocycles. The fraction of sp³-hybridized carbons (Fsp3) is 0.167. The van der Waals surface area contributed by atoms with Crippen molar-refractivity contribution in [3.8, 4) is 22.7 Å². The first kappa shape index (κ1) is 15.2. The summed E-state index contributed by atoms with van der Waals surface area (Å²) in [6, 6.07) is 14.7. The van der Waals surface area contributed by atoms with Crippen molar-refractivity contribution in [2.45, 2.75) is 13.5 Å². The molecule has 2 aromatic carbocycles. The zero-order valence-corrected chi connectivity index (χ0v) is 13.0. The van der Waals surface area contributed by atoms with Crippen LogP contribution in [0.3, 0.4) is 0 Å². The molecule has 3 aromatic rings. The van der Waals surface area contributed by atoms with Gasteiger partial charge in [0.25, 0.3) is 0 Å². The predicted molar refractivity (Wildman–Crippen MR) is 86.2 cm³/mol. The van der Waals surface area contributed by atoms with Crippen molar-refractivity contribution in [3.05, 3.63) is 65.6 Å². The number of nitrogens with zero attached hydrogens (tertiary/aromatic N) is 2. The Kier molecular flexibility index (Phi) is 4.12. The molecule has 5 heteroatoms. The van der Waals surface area contributed by atoms with Gasteiger partial charge in [0, 0.05) is 5.56 Å². The Bertz CT molecular complexity index is 808. The van der Waals surface area contributed by atoms with Crippen LogP contribution in [0.15, 0.2) is 48.5 Å². The maximum absolute atomic E-state index is 14.6. The number of methoxy groups -OCH3 is 1. The van der Waals surface area contributed by atoms with E-state index >= 15 is 0 Å². The van der Waals surface area contributed by atoms with Crippen LogP contribution in [0.4, 0.5) is 4.39 Å². The number of aromatic nitrogens is 2. The van der Waals surface area contributed by atoms with E-state index in [2.05, 4.69) is 5.10 Å². The summed E-state index contributed by atoms with van der Waals surface area (Å²) in [7, 11) is 1.59. The van der Waals surface area contributed by atoms with E-state index in [9.17, 15) is 9.50 Å². The highest BCUT2D eigenvalue weighted by molar-refractivity contribution is 5.64. The van der Waals surface area contributed by atoms with Crippen LogP contribution in [0.1, 0.15) is 11.3 Å². The number of aryl methyl sites for hydroxylation is 1. The second kappa shape index (κ2) is 6.22. The third-order valence-corrected chi connectivity index (χ3v) is 3.69. The average Bonchev–Trinajstić information content (AvgIpc) is 2.92. The molecule has 0 aliphatic rings. The molecule has 0 bridgehead atoms. The average molecular weight is 312 g/mol. The topological polar surface area (TPSA) is 47.3 Å². The summed E-state index contributed by atoms with van der Waals surface area (Å²) in [5.74, 6) is 0.202. The molecule has 0 spiro atoms. The van der Waals surface area contributed by atoms with Gasteiger partial charge in [-0.2, -0.15) is 5.10 Å². The Hall–Kier alpha value is -2.66. The summed E-state index contributed by atoms with van der Waals surface area (Å²) in [6.07, 6.45) is 0. The Morgan fingerprint density at radius 1 is 1.09 bits per heavy atom. The van der Waals surface area contributed by atoms with Gasteiger partial charge in [0.05, 0.1) is 19.4 Å². The molecule has 0 aliphatic heterocycles. The Morgan fingerprint density at radius 2 is 1.74 bits per heavy atom. The molecule has 0 saturated heterocycles. The van der Waals surface area contributed by atoms with Gasteiger partial charge >= 0.3 is 0 Å². The van der Waals surface area contributed by atoms with Gasteiger partial charge in [-0.25, -0.2) is 9.07 Å². The van der Waals surface area contributed by atoms with Gasteiger partial charge in [0.1, 0.15) is 17.1 Å². The standard InChI is InChI=1S/C18H17FN2O2/c1-12-3-5-13(6-4-12)18-17(19)16(11-22)20-21(18)14-7-9-15(23-2)10-8-14/h3-10,22H,11H2,1-2H3. The molecule has 0 saturated carbocycles. The highest BCUT2D eigenvalue weighted by atomic mass is 19.1. The van der Waals surface area contributed by atoms with Gasteiger partial charge in [-0.1, -0.05) is 29.8 Å². The number of hydrogen-bond donors (Lipinski definition) is 1. The monoisotopic (exact) mass is 312 g/mol. The van der Waals surface area contributed by atoms with Crippen LogP contribution in [0.5, 0.6) is 5.75 Å². The molecule has 0 unspecified atom stereocenters. The summed E-state index contributed by atoms with van der Waals surface area (Å²) < 4.78 is 21.3. The van der Waals surface area contributed by atoms with E-state index in [0.717, 1.165) is 5.56 Å². The molecule has 3 rings (SSSR count). The van der Waals surface area contributed by atoms with E-state index in [0.29, 0.717) is 22.7 Å². The molecule has 0 fully saturated rings. The number of hydrogen-bond acceptors (Lipinski definition) is 3. The highest BCUT2D eigenvalue weighted by Gasteiger charge is 2.20. The van der Waals surface area contributed by atoms with E-state index in [1.807, 2.05) is 31.2 Å². The second-order valence-corrected chi connectivity index (χ2v) is 5.24. The van der Waals surface area contributed by atoms with Crippen molar-refractivity contribution in [2.24, 2.45) is 0 Å². The lowest BCUT2D eigenvalue weighted by molar-refractivity contribution is 0.270. The molecule has 1 heterocycles. The number of aliphatic hydroxyl groups is 1. The first-order chi connectivity index (χ1) is 11.1. The van der Waals surface area contributed by atoms with Gasteiger partial charge < -0.3 is 9.84 Å². The Balaban J connectivity index is 2.17. The van der Waals surface area contributed by atoms with Crippen molar-refractivity contribution in [1.82, 2.24) is 9.78 Å². The van der Waals surface area contributed by atoms with E-state index < -0.39 is 12.4 Å². The molecule has 0 atom stereocenters. The normalized spacial score (nSPS) is 10.8. The molecule has 23 heavy (non-hydrogen) atoms. The fourth-order valence-corrected chi connectivity index (χ4v) is 2.42. The van der Waals surface area contributed by atoms with Crippen molar-refractivity contribution in [1.29, 1.82) is 0 Å². The van der Waals surface area contributed by atoms with Crippen LogP contribution in [-0.2, 0) is 6.61 Å².